The minimum atomic E-state index is 0.120. The highest BCUT2D eigenvalue weighted by Gasteiger charge is 2.28. The third kappa shape index (κ3) is 3.00. The first-order valence-electron chi connectivity index (χ1n) is 10.5. The zero-order chi connectivity index (χ0) is 20.8. The van der Waals surface area contributed by atoms with Crippen molar-refractivity contribution in [1.29, 1.82) is 0 Å². The molecule has 2 aliphatic carbocycles. The summed E-state index contributed by atoms with van der Waals surface area (Å²) in [6.45, 7) is 4.50. The highest BCUT2D eigenvalue weighted by Crippen LogP contribution is 2.34. The number of nitrogens with zero attached hydrogens (tertiary/aromatic N) is 5. The molecule has 0 bridgehead atoms. The van der Waals surface area contributed by atoms with E-state index in [1.807, 2.05) is 11.5 Å². The van der Waals surface area contributed by atoms with Crippen molar-refractivity contribution in [1.82, 2.24) is 24.3 Å². The first-order valence-corrected chi connectivity index (χ1v) is 10.5. The second-order valence-corrected chi connectivity index (χ2v) is 8.01. The molecule has 0 saturated heterocycles. The van der Waals surface area contributed by atoms with Gasteiger partial charge >= 0.3 is 0 Å². The largest absolute Gasteiger partial charge is 0.383 e. The first kappa shape index (κ1) is 18.6. The molecule has 3 aromatic rings. The van der Waals surface area contributed by atoms with Gasteiger partial charge in [0.2, 0.25) is 0 Å². The Labute approximate surface area is 174 Å². The fraction of sp³-hybridized carbons (Fsp3) is 0.391. The van der Waals surface area contributed by atoms with Crippen LogP contribution in [-0.2, 0) is 6.54 Å². The van der Waals surface area contributed by atoms with Crippen LogP contribution < -0.4 is 21.7 Å². The van der Waals surface area contributed by atoms with Crippen molar-refractivity contribution in [3.8, 4) is 11.8 Å². The Balaban J connectivity index is 1.72. The van der Waals surface area contributed by atoms with Gasteiger partial charge in [-0.3, -0.25) is 4.79 Å². The van der Waals surface area contributed by atoms with Gasteiger partial charge in [0.15, 0.2) is 5.65 Å². The van der Waals surface area contributed by atoms with Gasteiger partial charge in [-0.1, -0.05) is 24.5 Å². The molecule has 7 nitrogen and oxygen atoms in total. The number of rotatable bonds is 3. The molecule has 0 unspecified atom stereocenters. The number of fused-ring (bicyclic) bond motifs is 2. The summed E-state index contributed by atoms with van der Waals surface area (Å²) in [6, 6.07) is 2.42. The molecule has 0 amide bonds. The van der Waals surface area contributed by atoms with Crippen LogP contribution in [-0.4, -0.2) is 24.3 Å². The normalized spacial score (nSPS) is 15.5. The molecule has 0 radical (unpaired) electrons. The Morgan fingerprint density at radius 2 is 2.13 bits per heavy atom. The van der Waals surface area contributed by atoms with Crippen LogP contribution in [0.15, 0.2) is 17.2 Å². The molecule has 0 aliphatic heterocycles. The number of hydrogen-bond donors (Lipinski definition) is 1. The second kappa shape index (κ2) is 7.13. The molecule has 2 N–H and O–H groups in total. The standard InChI is InChI=1S/C23H24N6O/c1-3-4-8-18-20-21(24)25-13-26-22(20)28(27-18)12-17-11-15-7-5-6-14(2)19(15)23(30)29(17)16-9-10-16/h7,11,13,16H,3,5-6,9-10,12H2,1-2H3,(H2,24,25,26). The zero-order valence-electron chi connectivity index (χ0n) is 17.3. The lowest BCUT2D eigenvalue weighted by atomic mass is 10.0. The van der Waals surface area contributed by atoms with Gasteiger partial charge in [0.25, 0.3) is 5.56 Å². The second-order valence-electron chi connectivity index (χ2n) is 8.01. The number of hydrogen-bond acceptors (Lipinski definition) is 5. The Bertz CT molecular complexity index is 1410. The van der Waals surface area contributed by atoms with E-state index in [9.17, 15) is 4.79 Å². The molecule has 3 aromatic heterocycles. The lowest BCUT2D eigenvalue weighted by Gasteiger charge is -2.15. The molecule has 0 aromatic carbocycles. The van der Waals surface area contributed by atoms with E-state index in [-0.39, 0.29) is 11.6 Å². The highest BCUT2D eigenvalue weighted by atomic mass is 16.1. The summed E-state index contributed by atoms with van der Waals surface area (Å²) in [5, 5.41) is 7.28. The van der Waals surface area contributed by atoms with Crippen LogP contribution in [0.3, 0.4) is 0 Å². The molecule has 7 heteroatoms. The van der Waals surface area contributed by atoms with Crippen molar-refractivity contribution in [3.05, 3.63) is 44.6 Å². The predicted molar refractivity (Wildman–Crippen MR) is 117 cm³/mol. The smallest absolute Gasteiger partial charge is 0.258 e. The maximum absolute atomic E-state index is 13.4. The Morgan fingerprint density at radius 3 is 2.90 bits per heavy atom. The minimum Gasteiger partial charge on any atom is -0.383 e. The topological polar surface area (TPSA) is 91.6 Å². The van der Waals surface area contributed by atoms with Gasteiger partial charge < -0.3 is 10.3 Å². The van der Waals surface area contributed by atoms with E-state index in [4.69, 9.17) is 10.8 Å². The number of anilines is 1. The van der Waals surface area contributed by atoms with Crippen molar-refractivity contribution >= 4 is 28.5 Å². The average molecular weight is 400 g/mol. The van der Waals surface area contributed by atoms with E-state index in [0.29, 0.717) is 29.1 Å². The molecular weight excluding hydrogens is 376 g/mol. The van der Waals surface area contributed by atoms with Crippen molar-refractivity contribution < 1.29 is 0 Å². The van der Waals surface area contributed by atoms with Crippen molar-refractivity contribution in [2.75, 3.05) is 5.73 Å². The maximum atomic E-state index is 13.4. The third-order valence-corrected chi connectivity index (χ3v) is 5.83. The SMILES string of the molecule is CCC#Cc1nn(Cc2cc3c(c(=O)n2C2CC2)=C(C)CCC=3)c2ncnc(N)c12. The molecule has 1 fully saturated rings. The van der Waals surface area contributed by atoms with E-state index >= 15 is 0 Å². The Morgan fingerprint density at radius 1 is 1.30 bits per heavy atom. The van der Waals surface area contributed by atoms with Crippen LogP contribution in [0.2, 0.25) is 0 Å². The molecule has 1 saturated carbocycles. The van der Waals surface area contributed by atoms with Crippen LogP contribution in [0.4, 0.5) is 5.82 Å². The highest BCUT2D eigenvalue weighted by molar-refractivity contribution is 5.90. The van der Waals surface area contributed by atoms with Crippen LogP contribution in [0.5, 0.6) is 0 Å². The van der Waals surface area contributed by atoms with E-state index < -0.39 is 0 Å². The van der Waals surface area contributed by atoms with Crippen LogP contribution in [0.1, 0.15) is 63.4 Å². The van der Waals surface area contributed by atoms with Crippen molar-refractivity contribution in [3.63, 3.8) is 0 Å². The van der Waals surface area contributed by atoms with E-state index in [2.05, 4.69) is 40.9 Å². The van der Waals surface area contributed by atoms with Gasteiger partial charge in [0, 0.05) is 23.4 Å². The van der Waals surface area contributed by atoms with E-state index in [1.165, 1.54) is 11.9 Å². The van der Waals surface area contributed by atoms with Crippen molar-refractivity contribution in [2.24, 2.45) is 0 Å². The quantitative estimate of drug-likeness (QED) is 0.672. The maximum Gasteiger partial charge on any atom is 0.258 e. The van der Waals surface area contributed by atoms with E-state index in [1.54, 1.807) is 4.68 Å². The van der Waals surface area contributed by atoms with Gasteiger partial charge in [-0.15, -0.1) is 0 Å². The van der Waals surface area contributed by atoms with Gasteiger partial charge in [-0.2, -0.15) is 5.10 Å². The summed E-state index contributed by atoms with van der Waals surface area (Å²) in [6.07, 6.45) is 8.33. The monoisotopic (exact) mass is 400 g/mol. The van der Waals surface area contributed by atoms with Gasteiger partial charge in [0.05, 0.1) is 11.9 Å². The van der Waals surface area contributed by atoms with Gasteiger partial charge in [0.1, 0.15) is 17.8 Å². The fourth-order valence-corrected chi connectivity index (χ4v) is 4.26. The Kier molecular flexibility index (Phi) is 4.43. The lowest BCUT2D eigenvalue weighted by molar-refractivity contribution is 0.596. The summed E-state index contributed by atoms with van der Waals surface area (Å²) in [7, 11) is 0. The van der Waals surface area contributed by atoms with Crippen LogP contribution in [0, 0.1) is 11.8 Å². The lowest BCUT2D eigenvalue weighted by Crippen LogP contribution is -2.48. The average Bonchev–Trinajstić information content (AvgIpc) is 3.49. The molecule has 2 aliphatic rings. The summed E-state index contributed by atoms with van der Waals surface area (Å²) < 4.78 is 3.77. The number of aromatic nitrogens is 5. The van der Waals surface area contributed by atoms with E-state index in [0.717, 1.165) is 48.2 Å². The van der Waals surface area contributed by atoms with Crippen molar-refractivity contribution in [2.45, 2.75) is 58.5 Å². The molecular formula is C23H24N6O. The number of nitrogen functional groups attached to an aromatic ring is 1. The predicted octanol–water partition coefficient (Wildman–Crippen LogP) is 1.46. The fourth-order valence-electron chi connectivity index (χ4n) is 4.26. The van der Waals surface area contributed by atoms with Crippen LogP contribution >= 0.6 is 0 Å². The summed E-state index contributed by atoms with van der Waals surface area (Å²) in [4.78, 5) is 21.9. The summed E-state index contributed by atoms with van der Waals surface area (Å²) in [5.41, 5.74) is 9.59. The molecule has 30 heavy (non-hydrogen) atoms. The number of nitrogens with two attached hydrogens (primary N) is 1. The zero-order valence-corrected chi connectivity index (χ0v) is 17.3. The molecule has 152 valence electrons. The minimum absolute atomic E-state index is 0.120. The van der Waals surface area contributed by atoms with Gasteiger partial charge in [-0.25, -0.2) is 14.6 Å². The summed E-state index contributed by atoms with van der Waals surface area (Å²) >= 11 is 0. The molecule has 3 heterocycles. The first-order chi connectivity index (χ1) is 14.6. The third-order valence-electron chi connectivity index (χ3n) is 5.83. The Hall–Kier alpha value is -3.40. The molecule has 0 spiro atoms. The van der Waals surface area contributed by atoms with Gasteiger partial charge in [-0.05, 0) is 49.8 Å². The number of pyridine rings is 1. The molecule has 5 rings (SSSR count). The molecule has 0 atom stereocenters. The summed E-state index contributed by atoms with van der Waals surface area (Å²) in [5.74, 6) is 6.51. The van der Waals surface area contributed by atoms with Crippen LogP contribution in [0.25, 0.3) is 22.7 Å².